The fourth-order valence-electron chi connectivity index (χ4n) is 5.55. The highest BCUT2D eigenvalue weighted by atomic mass is 16.5. The van der Waals surface area contributed by atoms with E-state index in [0.717, 1.165) is 30.2 Å². The van der Waals surface area contributed by atoms with Crippen molar-refractivity contribution < 1.29 is 14.3 Å². The number of esters is 1. The molecule has 0 bridgehead atoms. The van der Waals surface area contributed by atoms with Gasteiger partial charge in [-0.25, -0.2) is 4.79 Å². The number of ketones is 1. The Morgan fingerprint density at radius 3 is 2.62 bits per heavy atom. The molecule has 5 rings (SSSR count). The molecular weight excluding hydrogens is 400 g/mol. The van der Waals surface area contributed by atoms with Crippen molar-refractivity contribution in [2.24, 2.45) is 17.8 Å². The Hall–Kier alpha value is -3.08. The van der Waals surface area contributed by atoms with Crippen LogP contribution in [0.4, 0.5) is 5.69 Å². The van der Waals surface area contributed by atoms with Gasteiger partial charge in [-0.2, -0.15) is 0 Å². The molecule has 0 amide bonds. The summed E-state index contributed by atoms with van der Waals surface area (Å²) in [4.78, 5) is 31.1. The van der Waals surface area contributed by atoms with Crippen LogP contribution in [0.15, 0.2) is 54.7 Å². The van der Waals surface area contributed by atoms with Crippen LogP contribution in [0.2, 0.25) is 0 Å². The Labute approximate surface area is 188 Å². The molecule has 5 heteroatoms. The molecule has 2 heterocycles. The van der Waals surface area contributed by atoms with Gasteiger partial charge in [0, 0.05) is 33.9 Å². The Morgan fingerprint density at radius 1 is 1.09 bits per heavy atom. The summed E-state index contributed by atoms with van der Waals surface area (Å²) >= 11 is 0. The Bertz CT molecular complexity index is 1180. The summed E-state index contributed by atoms with van der Waals surface area (Å²) in [5.74, 6) is 0.445. The van der Waals surface area contributed by atoms with Gasteiger partial charge in [0.15, 0.2) is 0 Å². The van der Waals surface area contributed by atoms with Crippen LogP contribution >= 0.6 is 0 Å². The van der Waals surface area contributed by atoms with Crippen molar-refractivity contribution in [1.82, 2.24) is 4.98 Å². The molecule has 1 aliphatic carbocycles. The molecular formula is C27H30N2O3. The van der Waals surface area contributed by atoms with E-state index >= 15 is 0 Å². The molecule has 32 heavy (non-hydrogen) atoms. The van der Waals surface area contributed by atoms with E-state index in [1.165, 1.54) is 0 Å². The fourth-order valence-corrected chi connectivity index (χ4v) is 5.55. The lowest BCUT2D eigenvalue weighted by Crippen LogP contribution is -2.50. The number of aromatic amines is 1. The van der Waals surface area contributed by atoms with Crippen molar-refractivity contribution in [3.63, 3.8) is 0 Å². The van der Waals surface area contributed by atoms with Crippen molar-refractivity contribution >= 4 is 28.3 Å². The summed E-state index contributed by atoms with van der Waals surface area (Å²) in [7, 11) is 0. The Balaban J connectivity index is 1.60. The van der Waals surface area contributed by atoms with E-state index in [4.69, 9.17) is 4.74 Å². The second kappa shape index (κ2) is 7.80. The van der Waals surface area contributed by atoms with Crippen LogP contribution in [0.3, 0.4) is 0 Å². The van der Waals surface area contributed by atoms with Gasteiger partial charge in [-0.05, 0) is 48.8 Å². The normalized spacial score (nSPS) is 27.4. The molecule has 1 fully saturated rings. The number of anilines is 1. The second-order valence-electron chi connectivity index (χ2n) is 9.77. The van der Waals surface area contributed by atoms with Crippen molar-refractivity contribution in [3.05, 3.63) is 65.9 Å². The number of carbonyl (C=O) groups is 2. The number of fused-ring (bicyclic) bond motifs is 2. The molecule has 0 spiro atoms. The van der Waals surface area contributed by atoms with Crippen molar-refractivity contribution in [3.8, 4) is 0 Å². The molecule has 4 atom stereocenters. The van der Waals surface area contributed by atoms with E-state index in [9.17, 15) is 9.59 Å². The van der Waals surface area contributed by atoms with Crippen LogP contribution in [0.1, 0.15) is 56.0 Å². The van der Waals surface area contributed by atoms with Crippen molar-refractivity contribution in [1.29, 1.82) is 0 Å². The molecule has 3 aromatic rings. The number of benzene rings is 2. The molecule has 2 N–H and O–H groups in total. The SMILES string of the molecule is CC(C)[C@@H]1CC[C@@H](C)C[C@H]1OC(=O)[C@]1(c2c[nH]c3ccccc23)Nc2ccccc2C1=O. The third-order valence-corrected chi connectivity index (χ3v) is 7.35. The van der Waals surface area contributed by atoms with Gasteiger partial charge in [-0.3, -0.25) is 4.79 Å². The Kier molecular flexibility index (Phi) is 5.07. The third-order valence-electron chi connectivity index (χ3n) is 7.35. The van der Waals surface area contributed by atoms with Gasteiger partial charge in [-0.15, -0.1) is 0 Å². The smallest absolute Gasteiger partial charge is 0.345 e. The number of nitrogens with one attached hydrogen (secondary N) is 2. The number of ether oxygens (including phenoxy) is 1. The first-order valence-electron chi connectivity index (χ1n) is 11.6. The molecule has 1 saturated carbocycles. The van der Waals surface area contributed by atoms with Crippen LogP contribution in [0.5, 0.6) is 0 Å². The lowest BCUT2D eigenvalue weighted by Gasteiger charge is -2.38. The molecule has 0 radical (unpaired) electrons. The molecule has 1 aromatic heterocycles. The molecule has 166 valence electrons. The first kappa shape index (κ1) is 20.8. The van der Waals surface area contributed by atoms with Crippen LogP contribution in [0.25, 0.3) is 10.9 Å². The van der Waals surface area contributed by atoms with Gasteiger partial charge in [0.05, 0.1) is 0 Å². The van der Waals surface area contributed by atoms with Gasteiger partial charge in [-0.1, -0.05) is 57.5 Å². The second-order valence-corrected chi connectivity index (χ2v) is 9.77. The van der Waals surface area contributed by atoms with Crippen LogP contribution in [-0.4, -0.2) is 22.8 Å². The lowest BCUT2D eigenvalue weighted by molar-refractivity contribution is -0.159. The topological polar surface area (TPSA) is 71.2 Å². The highest BCUT2D eigenvalue weighted by Gasteiger charge is 2.56. The minimum Gasteiger partial charge on any atom is -0.460 e. The quantitative estimate of drug-likeness (QED) is 0.413. The Morgan fingerprint density at radius 2 is 1.84 bits per heavy atom. The van der Waals surface area contributed by atoms with Gasteiger partial charge >= 0.3 is 5.97 Å². The van der Waals surface area contributed by atoms with E-state index < -0.39 is 11.5 Å². The summed E-state index contributed by atoms with van der Waals surface area (Å²) in [6.45, 7) is 6.58. The molecule has 0 saturated heterocycles. The third kappa shape index (κ3) is 3.14. The molecule has 1 aliphatic heterocycles. The lowest BCUT2D eigenvalue weighted by atomic mass is 9.75. The summed E-state index contributed by atoms with van der Waals surface area (Å²) in [6, 6.07) is 15.0. The van der Waals surface area contributed by atoms with Crippen molar-refractivity contribution in [2.75, 3.05) is 5.32 Å². The van der Waals surface area contributed by atoms with Crippen LogP contribution in [-0.2, 0) is 15.1 Å². The summed E-state index contributed by atoms with van der Waals surface area (Å²) < 4.78 is 6.26. The number of rotatable bonds is 4. The van der Waals surface area contributed by atoms with Gasteiger partial charge in [0.2, 0.25) is 11.3 Å². The van der Waals surface area contributed by atoms with E-state index in [-0.39, 0.29) is 11.9 Å². The maximum absolute atomic E-state index is 14.0. The maximum Gasteiger partial charge on any atom is 0.345 e. The maximum atomic E-state index is 14.0. The molecule has 0 unspecified atom stereocenters. The number of H-pyrrole nitrogens is 1. The number of Topliss-reactive ketones (excluding diaryl/α,β-unsaturated/α-hetero) is 1. The van der Waals surface area contributed by atoms with Gasteiger partial charge in [0.25, 0.3) is 0 Å². The van der Waals surface area contributed by atoms with E-state index in [1.807, 2.05) is 42.5 Å². The van der Waals surface area contributed by atoms with Gasteiger partial charge < -0.3 is 15.0 Å². The highest BCUT2D eigenvalue weighted by Crippen LogP contribution is 2.44. The first-order chi connectivity index (χ1) is 15.4. The molecule has 2 aromatic carbocycles. The van der Waals surface area contributed by atoms with E-state index in [1.54, 1.807) is 12.3 Å². The predicted molar refractivity (Wildman–Crippen MR) is 126 cm³/mol. The zero-order valence-electron chi connectivity index (χ0n) is 18.9. The number of aromatic nitrogens is 1. The summed E-state index contributed by atoms with van der Waals surface area (Å²) in [5.41, 5.74) is 1.09. The van der Waals surface area contributed by atoms with Crippen LogP contribution in [0, 0.1) is 17.8 Å². The van der Waals surface area contributed by atoms with E-state index in [0.29, 0.717) is 34.6 Å². The summed E-state index contributed by atoms with van der Waals surface area (Å²) in [6.07, 6.45) is 4.60. The highest BCUT2D eigenvalue weighted by molar-refractivity contribution is 6.26. The average Bonchev–Trinajstić information content (AvgIpc) is 3.33. The number of carbonyl (C=O) groups excluding carboxylic acids is 2. The first-order valence-corrected chi connectivity index (χ1v) is 11.6. The summed E-state index contributed by atoms with van der Waals surface area (Å²) in [5, 5.41) is 4.14. The number of hydrogen-bond donors (Lipinski definition) is 2. The number of para-hydroxylation sites is 2. The van der Waals surface area contributed by atoms with Crippen molar-refractivity contribution in [2.45, 2.75) is 51.7 Å². The zero-order chi connectivity index (χ0) is 22.5. The number of hydrogen-bond acceptors (Lipinski definition) is 4. The average molecular weight is 431 g/mol. The van der Waals surface area contributed by atoms with Crippen LogP contribution < -0.4 is 5.32 Å². The molecule has 5 nitrogen and oxygen atoms in total. The van der Waals surface area contributed by atoms with E-state index in [2.05, 4.69) is 31.1 Å². The molecule has 2 aliphatic rings. The predicted octanol–water partition coefficient (Wildman–Crippen LogP) is 5.68. The zero-order valence-corrected chi connectivity index (χ0v) is 18.9. The van der Waals surface area contributed by atoms with Gasteiger partial charge in [0.1, 0.15) is 6.10 Å². The fraction of sp³-hybridized carbons (Fsp3) is 0.407. The standard InChI is InChI=1S/C27H30N2O3/c1-16(2)18-13-12-17(3)14-24(18)32-26(31)27(21-15-28-22-10-6-4-8-19(21)22)25(30)20-9-5-7-11-23(20)29-27/h4-11,15-18,24,28-29H,12-14H2,1-3H3/t17-,18+,24-,27-/m1/s1. The minimum atomic E-state index is -1.59. The largest absolute Gasteiger partial charge is 0.460 e. The monoisotopic (exact) mass is 430 g/mol. The minimum absolute atomic E-state index is 0.188.